The van der Waals surface area contributed by atoms with Crippen molar-refractivity contribution >= 4 is 23.7 Å². The van der Waals surface area contributed by atoms with Crippen LogP contribution in [0.1, 0.15) is 6.42 Å². The summed E-state index contributed by atoms with van der Waals surface area (Å²) in [6.45, 7) is 0. The summed E-state index contributed by atoms with van der Waals surface area (Å²) in [5, 5.41) is 10.4. The van der Waals surface area contributed by atoms with Gasteiger partial charge in [0.05, 0.1) is 7.11 Å². The fourth-order valence-corrected chi connectivity index (χ4v) is 2.96. The lowest BCUT2D eigenvalue weighted by atomic mass is 10.2. The lowest BCUT2D eigenvalue weighted by Crippen LogP contribution is -2.12. The van der Waals surface area contributed by atoms with Gasteiger partial charge in [-0.1, -0.05) is 23.3 Å². The highest BCUT2D eigenvalue weighted by atomic mass is 32.2. The Morgan fingerprint density at radius 3 is 2.60 bits per heavy atom. The predicted molar refractivity (Wildman–Crippen MR) is 96.7 cm³/mol. The molecule has 0 aliphatic carbocycles. The van der Waals surface area contributed by atoms with E-state index in [4.69, 9.17) is 9.15 Å². The first-order valence-corrected chi connectivity index (χ1v) is 8.69. The average molecular weight is 355 g/mol. The van der Waals surface area contributed by atoms with E-state index < -0.39 is 0 Å². The number of rotatable bonds is 7. The normalized spacial score (nSPS) is 10.4. The molecular weight excluding hydrogens is 338 g/mol. The van der Waals surface area contributed by atoms with Gasteiger partial charge in [0.15, 0.2) is 0 Å². The van der Waals surface area contributed by atoms with Crippen molar-refractivity contribution in [1.82, 2.24) is 10.2 Å². The molecule has 1 aromatic heterocycles. The molecule has 128 valence electrons. The minimum Gasteiger partial charge on any atom is -0.497 e. The van der Waals surface area contributed by atoms with Crippen LogP contribution in [0.5, 0.6) is 5.75 Å². The van der Waals surface area contributed by atoms with Crippen molar-refractivity contribution in [3.63, 3.8) is 0 Å². The van der Waals surface area contributed by atoms with Crippen molar-refractivity contribution < 1.29 is 13.9 Å². The number of hydrogen-bond donors (Lipinski definition) is 1. The summed E-state index contributed by atoms with van der Waals surface area (Å²) in [5.41, 5.74) is 0.758. The van der Waals surface area contributed by atoms with Crippen LogP contribution in [0.3, 0.4) is 0 Å². The Bertz CT molecular complexity index is 819. The van der Waals surface area contributed by atoms with Crippen molar-refractivity contribution in [1.29, 1.82) is 0 Å². The van der Waals surface area contributed by atoms with Gasteiger partial charge in [-0.15, -0.1) is 16.9 Å². The van der Waals surface area contributed by atoms with Gasteiger partial charge < -0.3 is 9.15 Å². The number of carbonyl (C=O) groups is 1. The van der Waals surface area contributed by atoms with Crippen LogP contribution in [0.25, 0.3) is 11.5 Å². The molecule has 0 unspecified atom stereocenters. The number of ether oxygens (including phenoxy) is 1. The maximum atomic E-state index is 12.0. The van der Waals surface area contributed by atoms with Crippen LogP contribution in [-0.2, 0) is 4.79 Å². The van der Waals surface area contributed by atoms with E-state index in [9.17, 15) is 4.79 Å². The van der Waals surface area contributed by atoms with E-state index in [0.29, 0.717) is 18.1 Å². The quantitative estimate of drug-likeness (QED) is 0.648. The minimum atomic E-state index is -0.159. The minimum absolute atomic E-state index is 0.0977. The summed E-state index contributed by atoms with van der Waals surface area (Å²) in [4.78, 5) is 13.1. The van der Waals surface area contributed by atoms with Gasteiger partial charge in [0, 0.05) is 22.6 Å². The van der Waals surface area contributed by atoms with Crippen molar-refractivity contribution in [2.24, 2.45) is 0 Å². The molecule has 0 fully saturated rings. The van der Waals surface area contributed by atoms with Crippen molar-refractivity contribution in [3.8, 4) is 17.2 Å². The summed E-state index contributed by atoms with van der Waals surface area (Å²) in [7, 11) is 1.60. The monoisotopic (exact) mass is 355 g/mol. The molecule has 6 nitrogen and oxygen atoms in total. The lowest BCUT2D eigenvalue weighted by molar-refractivity contribution is -0.115. The molecule has 7 heteroatoms. The van der Waals surface area contributed by atoms with Gasteiger partial charge in [-0.05, 0) is 36.4 Å². The molecule has 1 N–H and O–H groups in total. The van der Waals surface area contributed by atoms with E-state index in [1.807, 2.05) is 42.5 Å². The van der Waals surface area contributed by atoms with E-state index >= 15 is 0 Å². The van der Waals surface area contributed by atoms with Crippen LogP contribution in [0.15, 0.2) is 63.9 Å². The third kappa shape index (κ3) is 4.84. The zero-order chi connectivity index (χ0) is 17.5. The predicted octanol–water partition coefficient (Wildman–Crippen LogP) is 3.87. The van der Waals surface area contributed by atoms with Crippen molar-refractivity contribution in [2.45, 2.75) is 11.3 Å². The zero-order valence-corrected chi connectivity index (χ0v) is 14.5. The van der Waals surface area contributed by atoms with Crippen molar-refractivity contribution in [3.05, 3.63) is 54.6 Å². The number of amides is 1. The summed E-state index contributed by atoms with van der Waals surface area (Å²) in [5.74, 6) is 1.60. The highest BCUT2D eigenvalue weighted by Gasteiger charge is 2.11. The molecule has 0 aliphatic heterocycles. The molecule has 0 saturated carbocycles. The van der Waals surface area contributed by atoms with Gasteiger partial charge in [-0.2, -0.15) is 0 Å². The Balaban J connectivity index is 1.51. The van der Waals surface area contributed by atoms with Crippen LogP contribution in [0.4, 0.5) is 6.01 Å². The maximum absolute atomic E-state index is 12.0. The first-order chi connectivity index (χ1) is 12.2. The molecule has 25 heavy (non-hydrogen) atoms. The Morgan fingerprint density at radius 2 is 1.88 bits per heavy atom. The average Bonchev–Trinajstić information content (AvgIpc) is 3.11. The Kier molecular flexibility index (Phi) is 5.69. The summed E-state index contributed by atoms with van der Waals surface area (Å²) in [6, 6.07) is 17.3. The number of methoxy groups -OCH3 is 1. The Hall–Kier alpha value is -2.80. The molecule has 0 atom stereocenters. The second-order valence-corrected chi connectivity index (χ2v) is 6.27. The van der Waals surface area contributed by atoms with Crippen LogP contribution >= 0.6 is 11.8 Å². The van der Waals surface area contributed by atoms with E-state index in [2.05, 4.69) is 15.5 Å². The first-order valence-electron chi connectivity index (χ1n) is 7.70. The van der Waals surface area contributed by atoms with Crippen LogP contribution in [0.2, 0.25) is 0 Å². The summed E-state index contributed by atoms with van der Waals surface area (Å²) < 4.78 is 10.6. The van der Waals surface area contributed by atoms with E-state index in [0.717, 1.165) is 16.2 Å². The second-order valence-electron chi connectivity index (χ2n) is 5.10. The van der Waals surface area contributed by atoms with Crippen LogP contribution in [-0.4, -0.2) is 29.0 Å². The molecule has 0 saturated heterocycles. The van der Waals surface area contributed by atoms with Gasteiger partial charge in [-0.25, -0.2) is 0 Å². The van der Waals surface area contributed by atoms with E-state index in [1.54, 1.807) is 31.0 Å². The van der Waals surface area contributed by atoms with E-state index in [1.165, 1.54) is 0 Å². The van der Waals surface area contributed by atoms with Gasteiger partial charge >= 0.3 is 6.01 Å². The zero-order valence-electron chi connectivity index (χ0n) is 13.6. The first kappa shape index (κ1) is 17.0. The Morgan fingerprint density at radius 1 is 1.12 bits per heavy atom. The Labute approximate surface area is 149 Å². The molecule has 3 rings (SSSR count). The third-order valence-electron chi connectivity index (χ3n) is 3.35. The van der Waals surface area contributed by atoms with Crippen LogP contribution < -0.4 is 10.1 Å². The highest BCUT2D eigenvalue weighted by molar-refractivity contribution is 7.99. The smallest absolute Gasteiger partial charge is 0.322 e. The second kappa shape index (κ2) is 8.34. The SMILES string of the molecule is COc1ccc(-c2nnc(NC(=O)CCSc3ccccc3)o2)cc1. The molecule has 2 aromatic carbocycles. The largest absolute Gasteiger partial charge is 0.497 e. The summed E-state index contributed by atoms with van der Waals surface area (Å²) in [6.07, 6.45) is 0.361. The highest BCUT2D eigenvalue weighted by Crippen LogP contribution is 2.23. The third-order valence-corrected chi connectivity index (χ3v) is 4.36. The number of nitrogens with zero attached hydrogens (tertiary/aromatic N) is 2. The van der Waals surface area contributed by atoms with E-state index in [-0.39, 0.29) is 11.9 Å². The number of anilines is 1. The topological polar surface area (TPSA) is 77.3 Å². The number of carbonyl (C=O) groups excluding carboxylic acids is 1. The number of thioether (sulfide) groups is 1. The molecule has 0 spiro atoms. The maximum Gasteiger partial charge on any atom is 0.322 e. The molecule has 1 heterocycles. The van der Waals surface area contributed by atoms with Gasteiger partial charge in [0.2, 0.25) is 11.8 Å². The number of hydrogen-bond acceptors (Lipinski definition) is 6. The molecule has 0 radical (unpaired) electrons. The molecule has 0 aliphatic rings. The number of benzene rings is 2. The van der Waals surface area contributed by atoms with Crippen molar-refractivity contribution in [2.75, 3.05) is 18.2 Å². The molecule has 0 bridgehead atoms. The van der Waals surface area contributed by atoms with Gasteiger partial charge in [-0.3, -0.25) is 10.1 Å². The van der Waals surface area contributed by atoms with Gasteiger partial charge in [0.25, 0.3) is 0 Å². The molecular formula is C18H17N3O3S. The standard InChI is InChI=1S/C18H17N3O3S/c1-23-14-9-7-13(8-10-14)17-20-21-18(24-17)19-16(22)11-12-25-15-5-3-2-4-6-15/h2-10H,11-12H2,1H3,(H,19,21,22). The number of nitrogens with one attached hydrogen (secondary N) is 1. The summed E-state index contributed by atoms with van der Waals surface area (Å²) >= 11 is 1.63. The van der Waals surface area contributed by atoms with Crippen LogP contribution in [0, 0.1) is 0 Å². The molecule has 3 aromatic rings. The fraction of sp³-hybridized carbons (Fsp3) is 0.167. The molecule has 1 amide bonds. The lowest BCUT2D eigenvalue weighted by Gasteiger charge is -2.01. The number of aromatic nitrogens is 2. The fourth-order valence-electron chi connectivity index (χ4n) is 2.08. The van der Waals surface area contributed by atoms with Gasteiger partial charge in [0.1, 0.15) is 5.75 Å².